The Bertz CT molecular complexity index is 533. The van der Waals surface area contributed by atoms with Gasteiger partial charge < -0.3 is 0 Å². The van der Waals surface area contributed by atoms with Crippen molar-refractivity contribution in [3.8, 4) is 0 Å². The lowest BCUT2D eigenvalue weighted by Gasteiger charge is -2.16. The maximum atomic E-state index is 13.8. The predicted molar refractivity (Wildman–Crippen MR) is 74.2 cm³/mol. The summed E-state index contributed by atoms with van der Waals surface area (Å²) in [6.45, 7) is 0. The number of aromatic nitrogens is 1. The molecule has 1 unspecified atom stereocenters. The van der Waals surface area contributed by atoms with Gasteiger partial charge in [-0.1, -0.05) is 23.7 Å². The van der Waals surface area contributed by atoms with E-state index in [1.807, 2.05) is 12.1 Å². The van der Waals surface area contributed by atoms with Crippen molar-refractivity contribution in [2.24, 2.45) is 5.84 Å². The molecular weight excluding hydrogens is 265 g/mol. The molecule has 1 heterocycles. The normalized spacial score (nSPS) is 12.4. The molecule has 0 aliphatic heterocycles. The van der Waals surface area contributed by atoms with E-state index >= 15 is 0 Å². The van der Waals surface area contributed by atoms with Gasteiger partial charge in [-0.15, -0.1) is 0 Å². The first-order valence-electron chi connectivity index (χ1n) is 5.98. The van der Waals surface area contributed by atoms with Gasteiger partial charge in [0.1, 0.15) is 5.82 Å². The van der Waals surface area contributed by atoms with Crippen molar-refractivity contribution in [1.82, 2.24) is 10.4 Å². The lowest BCUT2D eigenvalue weighted by atomic mass is 10.00. The molecule has 19 heavy (non-hydrogen) atoms. The zero-order chi connectivity index (χ0) is 13.7. The van der Waals surface area contributed by atoms with Gasteiger partial charge in [-0.3, -0.25) is 16.3 Å². The first-order chi connectivity index (χ1) is 9.20. The van der Waals surface area contributed by atoms with Crippen LogP contribution in [0.4, 0.5) is 4.39 Å². The third-order valence-corrected chi connectivity index (χ3v) is 3.26. The number of hydrogen-bond donors (Lipinski definition) is 2. The number of nitrogens with one attached hydrogen (secondary N) is 1. The molecule has 0 aliphatic rings. The van der Waals surface area contributed by atoms with Crippen molar-refractivity contribution >= 4 is 11.6 Å². The lowest BCUT2D eigenvalue weighted by Crippen LogP contribution is -2.38. The number of halogens is 2. The third-order valence-electron chi connectivity index (χ3n) is 2.97. The molecule has 1 atom stereocenters. The number of nitrogens with zero attached hydrogens (tertiary/aromatic N) is 1. The summed E-state index contributed by atoms with van der Waals surface area (Å²) in [4.78, 5) is 3.96. The third kappa shape index (κ3) is 3.73. The first-order valence-corrected chi connectivity index (χ1v) is 6.36. The van der Waals surface area contributed by atoms with E-state index in [2.05, 4.69) is 10.4 Å². The summed E-state index contributed by atoms with van der Waals surface area (Å²) in [5, 5.41) is 0.136. The largest absolute Gasteiger partial charge is 0.271 e. The van der Waals surface area contributed by atoms with Crippen LogP contribution in [0.3, 0.4) is 0 Å². The maximum absolute atomic E-state index is 13.8. The van der Waals surface area contributed by atoms with E-state index in [1.54, 1.807) is 24.5 Å². The molecule has 3 nitrogen and oxygen atoms in total. The fourth-order valence-electron chi connectivity index (χ4n) is 1.96. The van der Waals surface area contributed by atoms with E-state index in [0.29, 0.717) is 18.4 Å². The summed E-state index contributed by atoms with van der Waals surface area (Å²) in [7, 11) is 0. The molecule has 2 aromatic rings. The van der Waals surface area contributed by atoms with Gasteiger partial charge in [-0.05, 0) is 42.2 Å². The van der Waals surface area contributed by atoms with Gasteiger partial charge in [-0.2, -0.15) is 0 Å². The second-order valence-electron chi connectivity index (χ2n) is 4.34. The van der Waals surface area contributed by atoms with Crippen LogP contribution in [-0.4, -0.2) is 11.0 Å². The summed E-state index contributed by atoms with van der Waals surface area (Å²) in [6, 6.07) is 8.76. The Labute approximate surface area is 116 Å². The SMILES string of the molecule is NNC(Cc1ccncc1)Cc1cccc(Cl)c1F. The smallest absolute Gasteiger partial charge is 0.145 e. The molecular formula is C14H15ClFN3. The Kier molecular flexibility index (Phi) is 4.85. The minimum atomic E-state index is -0.376. The zero-order valence-electron chi connectivity index (χ0n) is 10.3. The fraction of sp³-hybridized carbons (Fsp3) is 0.214. The van der Waals surface area contributed by atoms with E-state index in [0.717, 1.165) is 5.56 Å². The highest BCUT2D eigenvalue weighted by Gasteiger charge is 2.13. The summed E-state index contributed by atoms with van der Waals surface area (Å²) < 4.78 is 13.8. The summed E-state index contributed by atoms with van der Waals surface area (Å²) in [5.74, 6) is 5.16. The maximum Gasteiger partial charge on any atom is 0.145 e. The van der Waals surface area contributed by atoms with Crippen molar-refractivity contribution in [1.29, 1.82) is 0 Å². The van der Waals surface area contributed by atoms with Crippen molar-refractivity contribution < 1.29 is 4.39 Å². The molecule has 0 fully saturated rings. The van der Waals surface area contributed by atoms with Crippen LogP contribution in [0.2, 0.25) is 5.02 Å². The van der Waals surface area contributed by atoms with Gasteiger partial charge in [0.25, 0.3) is 0 Å². The molecule has 1 aromatic heterocycles. The van der Waals surface area contributed by atoms with E-state index < -0.39 is 0 Å². The highest BCUT2D eigenvalue weighted by Crippen LogP contribution is 2.19. The molecule has 2 rings (SSSR count). The summed E-state index contributed by atoms with van der Waals surface area (Å²) >= 11 is 5.77. The molecule has 3 N–H and O–H groups in total. The highest BCUT2D eigenvalue weighted by molar-refractivity contribution is 6.30. The Morgan fingerprint density at radius 2 is 1.95 bits per heavy atom. The van der Waals surface area contributed by atoms with Crippen molar-refractivity contribution in [3.63, 3.8) is 0 Å². The van der Waals surface area contributed by atoms with Crippen molar-refractivity contribution in [2.45, 2.75) is 18.9 Å². The number of hydrogen-bond acceptors (Lipinski definition) is 3. The average Bonchev–Trinajstić information content (AvgIpc) is 2.44. The quantitative estimate of drug-likeness (QED) is 0.653. The Balaban J connectivity index is 2.09. The van der Waals surface area contributed by atoms with Gasteiger partial charge in [0.05, 0.1) is 5.02 Å². The van der Waals surface area contributed by atoms with Crippen LogP contribution in [0.25, 0.3) is 0 Å². The lowest BCUT2D eigenvalue weighted by molar-refractivity contribution is 0.506. The molecule has 0 radical (unpaired) electrons. The minimum Gasteiger partial charge on any atom is -0.271 e. The zero-order valence-corrected chi connectivity index (χ0v) is 11.1. The molecule has 5 heteroatoms. The molecule has 1 aromatic carbocycles. The van der Waals surface area contributed by atoms with Crippen LogP contribution in [0.1, 0.15) is 11.1 Å². The first kappa shape index (κ1) is 13.9. The van der Waals surface area contributed by atoms with Crippen molar-refractivity contribution in [3.05, 3.63) is 64.7 Å². The van der Waals surface area contributed by atoms with Crippen LogP contribution in [0.5, 0.6) is 0 Å². The summed E-state index contributed by atoms with van der Waals surface area (Å²) in [5.41, 5.74) is 4.37. The van der Waals surface area contributed by atoms with E-state index in [4.69, 9.17) is 17.4 Å². The van der Waals surface area contributed by atoms with Crippen LogP contribution in [0, 0.1) is 5.82 Å². The van der Waals surface area contributed by atoms with E-state index in [1.165, 1.54) is 6.07 Å². The topological polar surface area (TPSA) is 50.9 Å². The molecule has 0 amide bonds. The number of nitrogens with two attached hydrogens (primary N) is 1. The molecule has 0 spiro atoms. The molecule has 0 bridgehead atoms. The Hall–Kier alpha value is -1.49. The summed E-state index contributed by atoms with van der Waals surface area (Å²) in [6.07, 6.45) is 4.63. The second-order valence-corrected chi connectivity index (χ2v) is 4.75. The average molecular weight is 280 g/mol. The number of hydrazine groups is 1. The highest BCUT2D eigenvalue weighted by atomic mass is 35.5. The second kappa shape index (κ2) is 6.61. The van der Waals surface area contributed by atoms with Crippen LogP contribution >= 0.6 is 11.6 Å². The van der Waals surface area contributed by atoms with Crippen LogP contribution in [0.15, 0.2) is 42.7 Å². The fourth-order valence-corrected chi connectivity index (χ4v) is 2.16. The monoisotopic (exact) mass is 279 g/mol. The van der Waals surface area contributed by atoms with E-state index in [-0.39, 0.29) is 16.9 Å². The van der Waals surface area contributed by atoms with Gasteiger partial charge in [-0.25, -0.2) is 4.39 Å². The molecule has 0 saturated heterocycles. The van der Waals surface area contributed by atoms with Gasteiger partial charge in [0.15, 0.2) is 0 Å². The molecule has 0 saturated carbocycles. The molecule has 100 valence electrons. The predicted octanol–water partition coefficient (Wildman–Crippen LogP) is 2.49. The number of pyridine rings is 1. The standard InChI is InChI=1S/C14H15ClFN3/c15-13-3-1-2-11(14(13)16)9-12(19-17)8-10-4-6-18-7-5-10/h1-7,12,19H,8-9,17H2. The van der Waals surface area contributed by atoms with Gasteiger partial charge in [0.2, 0.25) is 0 Å². The van der Waals surface area contributed by atoms with Gasteiger partial charge in [0, 0.05) is 18.4 Å². The van der Waals surface area contributed by atoms with Crippen LogP contribution in [-0.2, 0) is 12.8 Å². The number of benzene rings is 1. The van der Waals surface area contributed by atoms with Crippen molar-refractivity contribution in [2.75, 3.05) is 0 Å². The Morgan fingerprint density at radius 3 is 2.63 bits per heavy atom. The Morgan fingerprint density at radius 1 is 1.21 bits per heavy atom. The minimum absolute atomic E-state index is 0.0598. The number of rotatable bonds is 5. The van der Waals surface area contributed by atoms with E-state index in [9.17, 15) is 4.39 Å². The van der Waals surface area contributed by atoms with Crippen LogP contribution < -0.4 is 11.3 Å². The molecule has 0 aliphatic carbocycles. The van der Waals surface area contributed by atoms with Gasteiger partial charge >= 0.3 is 0 Å².